The highest BCUT2D eigenvalue weighted by Crippen LogP contribution is 2.48. The zero-order valence-corrected chi connectivity index (χ0v) is 13.5. The molecule has 0 atom stereocenters. The van der Waals surface area contributed by atoms with Crippen molar-refractivity contribution in [1.82, 2.24) is 9.71 Å². The minimum atomic E-state index is -3.46. The van der Waals surface area contributed by atoms with E-state index < -0.39 is 14.2 Å². The minimum absolute atomic E-state index is 0.232. The Morgan fingerprint density at radius 3 is 2.62 bits per heavy atom. The van der Waals surface area contributed by atoms with Gasteiger partial charge in [0.15, 0.2) is 4.21 Å². The van der Waals surface area contributed by atoms with Gasteiger partial charge in [0.05, 0.1) is 12.8 Å². The van der Waals surface area contributed by atoms with Crippen LogP contribution in [-0.2, 0) is 15.4 Å². The number of pyridine rings is 1. The van der Waals surface area contributed by atoms with Crippen LogP contribution in [0.2, 0.25) is 0 Å². The largest absolute Gasteiger partial charge is 0.497 e. The molecule has 1 heterocycles. The number of sulfonamides is 1. The number of rotatable bonds is 6. The van der Waals surface area contributed by atoms with Gasteiger partial charge in [-0.2, -0.15) is 0 Å². The maximum absolute atomic E-state index is 12.2. The van der Waals surface area contributed by atoms with Crippen molar-refractivity contribution in [3.63, 3.8) is 0 Å². The molecule has 1 N–H and O–H groups in total. The van der Waals surface area contributed by atoms with Gasteiger partial charge in [-0.1, -0.05) is 6.42 Å². The van der Waals surface area contributed by atoms with Gasteiger partial charge in [0.25, 0.3) is 0 Å². The van der Waals surface area contributed by atoms with Gasteiger partial charge in [0.1, 0.15) is 5.75 Å². The molecule has 1 aromatic rings. The van der Waals surface area contributed by atoms with Gasteiger partial charge < -0.3 is 4.74 Å². The Bertz CT molecular complexity index is 639. The molecule has 0 amide bonds. The van der Waals surface area contributed by atoms with Crippen molar-refractivity contribution < 1.29 is 13.2 Å². The molecule has 0 aromatic carbocycles. The summed E-state index contributed by atoms with van der Waals surface area (Å²) in [5, 5.41) is 0. The van der Waals surface area contributed by atoms with Crippen molar-refractivity contribution in [2.45, 2.75) is 41.7 Å². The predicted molar refractivity (Wildman–Crippen MR) is 81.1 cm³/mol. The molecule has 0 radical (unpaired) electrons. The number of aromatic nitrogens is 1. The zero-order valence-electron chi connectivity index (χ0n) is 11.9. The van der Waals surface area contributed by atoms with Gasteiger partial charge in [-0.15, -0.1) is 11.6 Å². The van der Waals surface area contributed by atoms with E-state index >= 15 is 0 Å². The first-order valence-electron chi connectivity index (χ1n) is 7.10. The fourth-order valence-corrected chi connectivity index (χ4v) is 4.31. The molecule has 0 bridgehead atoms. The lowest BCUT2D eigenvalue weighted by Gasteiger charge is -2.41. The molecule has 2 saturated carbocycles. The third-order valence-electron chi connectivity index (χ3n) is 4.55. The number of halogens is 1. The van der Waals surface area contributed by atoms with Crippen LogP contribution in [0.15, 0.2) is 18.3 Å². The lowest BCUT2D eigenvalue weighted by Crippen LogP contribution is -2.47. The minimum Gasteiger partial charge on any atom is -0.497 e. The van der Waals surface area contributed by atoms with E-state index in [0.29, 0.717) is 19.4 Å². The van der Waals surface area contributed by atoms with Crippen LogP contribution in [0.3, 0.4) is 0 Å². The van der Waals surface area contributed by atoms with Crippen LogP contribution >= 0.6 is 11.6 Å². The molecule has 0 unspecified atom stereocenters. The van der Waals surface area contributed by atoms with E-state index in [4.69, 9.17) is 16.3 Å². The molecule has 0 aliphatic heterocycles. The van der Waals surface area contributed by atoms with E-state index in [9.17, 15) is 8.42 Å². The third-order valence-corrected chi connectivity index (χ3v) is 7.43. The van der Waals surface area contributed by atoms with E-state index in [1.54, 1.807) is 19.4 Å². The van der Waals surface area contributed by atoms with E-state index in [1.807, 2.05) is 6.07 Å². The molecule has 2 fully saturated rings. The third kappa shape index (κ3) is 2.64. The number of methoxy groups -OCH3 is 1. The fraction of sp³-hybridized carbons (Fsp3) is 0.643. The second-order valence-corrected chi connectivity index (χ2v) is 8.95. The van der Waals surface area contributed by atoms with Gasteiger partial charge >= 0.3 is 0 Å². The molecule has 7 heteroatoms. The molecule has 2 aliphatic carbocycles. The van der Waals surface area contributed by atoms with Crippen molar-refractivity contribution in [2.24, 2.45) is 0 Å². The van der Waals surface area contributed by atoms with Gasteiger partial charge in [0, 0.05) is 24.2 Å². The summed E-state index contributed by atoms with van der Waals surface area (Å²) in [5.74, 6) is 0.741. The SMILES string of the molecule is COc1ccnc(C2(CNS(=O)(=O)C3(Cl)CC3)CCC2)c1. The van der Waals surface area contributed by atoms with Gasteiger partial charge in [-0.3, -0.25) is 4.98 Å². The van der Waals surface area contributed by atoms with Crippen LogP contribution in [0.25, 0.3) is 0 Å². The molecule has 2 aliphatic rings. The van der Waals surface area contributed by atoms with Crippen LogP contribution in [0.1, 0.15) is 37.8 Å². The van der Waals surface area contributed by atoms with Crippen LogP contribution in [0.5, 0.6) is 5.75 Å². The van der Waals surface area contributed by atoms with Gasteiger partial charge in [-0.25, -0.2) is 13.1 Å². The number of nitrogens with one attached hydrogen (secondary N) is 1. The number of ether oxygens (including phenoxy) is 1. The quantitative estimate of drug-likeness (QED) is 0.812. The van der Waals surface area contributed by atoms with Crippen molar-refractivity contribution in [3.8, 4) is 5.75 Å². The summed E-state index contributed by atoms with van der Waals surface area (Å²) >= 11 is 6.03. The summed E-state index contributed by atoms with van der Waals surface area (Å²) in [4.78, 5) is 4.41. The average molecular weight is 331 g/mol. The summed E-state index contributed by atoms with van der Waals surface area (Å²) in [6.45, 7) is 0.351. The number of hydrogen-bond donors (Lipinski definition) is 1. The summed E-state index contributed by atoms with van der Waals surface area (Å²) in [6.07, 6.45) is 5.66. The highest BCUT2D eigenvalue weighted by molar-refractivity contribution is 7.92. The van der Waals surface area contributed by atoms with Crippen molar-refractivity contribution in [1.29, 1.82) is 0 Å². The molecule has 5 nitrogen and oxygen atoms in total. The highest BCUT2D eigenvalue weighted by Gasteiger charge is 2.54. The molecular weight excluding hydrogens is 312 g/mol. The Balaban J connectivity index is 1.78. The highest BCUT2D eigenvalue weighted by atomic mass is 35.5. The van der Waals surface area contributed by atoms with Crippen molar-refractivity contribution >= 4 is 21.6 Å². The van der Waals surface area contributed by atoms with E-state index in [2.05, 4.69) is 9.71 Å². The Labute approximate surface area is 130 Å². The number of nitrogens with zero attached hydrogens (tertiary/aromatic N) is 1. The molecule has 116 valence electrons. The first kappa shape index (κ1) is 15.1. The van der Waals surface area contributed by atoms with Crippen LogP contribution < -0.4 is 9.46 Å². The standard InChI is InChI=1S/C14H19ClN2O3S/c1-20-11-3-8-16-12(9-11)13(4-2-5-13)10-17-21(18,19)14(15)6-7-14/h3,8-9,17H,2,4-7,10H2,1H3. The van der Waals surface area contributed by atoms with E-state index in [0.717, 1.165) is 30.7 Å². The van der Waals surface area contributed by atoms with E-state index in [1.165, 1.54) is 0 Å². The fourth-order valence-electron chi connectivity index (χ4n) is 2.68. The first-order chi connectivity index (χ1) is 9.91. The van der Waals surface area contributed by atoms with Crippen LogP contribution in [-0.4, -0.2) is 31.3 Å². The lowest BCUT2D eigenvalue weighted by atomic mass is 9.66. The molecule has 1 aromatic heterocycles. The second kappa shape index (κ2) is 5.11. The number of hydrogen-bond acceptors (Lipinski definition) is 4. The topological polar surface area (TPSA) is 68.3 Å². The lowest BCUT2D eigenvalue weighted by molar-refractivity contribution is 0.237. The van der Waals surface area contributed by atoms with Gasteiger partial charge in [0.2, 0.25) is 10.0 Å². The predicted octanol–water partition coefficient (Wildman–Crippen LogP) is 2.16. The van der Waals surface area contributed by atoms with Gasteiger partial charge in [-0.05, 0) is 31.7 Å². The normalized spacial score (nSPS) is 22.4. The molecule has 21 heavy (non-hydrogen) atoms. The van der Waals surface area contributed by atoms with E-state index in [-0.39, 0.29) is 5.41 Å². The second-order valence-electron chi connectivity index (χ2n) is 5.92. The maximum atomic E-state index is 12.2. The molecule has 0 spiro atoms. The maximum Gasteiger partial charge on any atom is 0.231 e. The summed E-state index contributed by atoms with van der Waals surface area (Å²) in [6, 6.07) is 3.68. The summed E-state index contributed by atoms with van der Waals surface area (Å²) in [7, 11) is -1.85. The first-order valence-corrected chi connectivity index (χ1v) is 8.96. The Hall–Kier alpha value is -0.850. The Morgan fingerprint density at radius 1 is 1.38 bits per heavy atom. The molecule has 0 saturated heterocycles. The average Bonchev–Trinajstić information content (AvgIpc) is 3.18. The Morgan fingerprint density at radius 2 is 2.10 bits per heavy atom. The van der Waals surface area contributed by atoms with Crippen LogP contribution in [0.4, 0.5) is 0 Å². The zero-order chi connectivity index (χ0) is 15.1. The monoisotopic (exact) mass is 330 g/mol. The molecule has 3 rings (SSSR count). The summed E-state index contributed by atoms with van der Waals surface area (Å²) < 4.78 is 31.2. The Kier molecular flexibility index (Phi) is 3.66. The summed E-state index contributed by atoms with van der Waals surface area (Å²) in [5.41, 5.74) is 0.652. The van der Waals surface area contributed by atoms with Crippen molar-refractivity contribution in [2.75, 3.05) is 13.7 Å². The molecular formula is C14H19ClN2O3S. The van der Waals surface area contributed by atoms with Crippen molar-refractivity contribution in [3.05, 3.63) is 24.0 Å². The van der Waals surface area contributed by atoms with Crippen LogP contribution in [0, 0.1) is 0 Å². The number of alkyl halides is 1. The smallest absolute Gasteiger partial charge is 0.231 e.